The van der Waals surface area contributed by atoms with Crippen molar-refractivity contribution in [2.45, 2.75) is 201 Å². The van der Waals surface area contributed by atoms with Crippen LogP contribution in [0.4, 0.5) is 0 Å². The third-order valence-corrected chi connectivity index (χ3v) is 14.0. The number of rotatable bonds is 20. The van der Waals surface area contributed by atoms with Crippen molar-refractivity contribution in [3.05, 3.63) is 35.9 Å². The van der Waals surface area contributed by atoms with Gasteiger partial charge in [-0.2, -0.15) is 0 Å². The van der Waals surface area contributed by atoms with Gasteiger partial charge in [-0.15, -0.1) is 0 Å². The quantitative estimate of drug-likeness (QED) is 0.0627. The van der Waals surface area contributed by atoms with Gasteiger partial charge in [-0.05, 0) is 94.2 Å². The first-order valence-corrected chi connectivity index (χ1v) is 26.9. The smallest absolute Gasteiger partial charge is 0.338 e. The average Bonchev–Trinajstić information content (AvgIpc) is 3.31. The molecule has 0 spiro atoms. The van der Waals surface area contributed by atoms with Crippen LogP contribution in [0.25, 0.3) is 0 Å². The first kappa shape index (κ1) is 64.2. The van der Waals surface area contributed by atoms with Gasteiger partial charge in [-0.3, -0.25) is 33.6 Å². The van der Waals surface area contributed by atoms with Crippen molar-refractivity contribution in [1.29, 1.82) is 0 Å². The van der Waals surface area contributed by atoms with Crippen molar-refractivity contribution in [3.8, 4) is 0 Å². The summed E-state index contributed by atoms with van der Waals surface area (Å²) in [5.41, 5.74) is -3.26. The lowest BCUT2D eigenvalue weighted by molar-refractivity contribution is -0.379. The molecule has 0 radical (unpaired) electrons. The van der Waals surface area contributed by atoms with Crippen LogP contribution in [0.2, 0.25) is 0 Å². The van der Waals surface area contributed by atoms with E-state index in [0.29, 0.717) is 18.2 Å². The van der Waals surface area contributed by atoms with Crippen molar-refractivity contribution in [2.75, 3.05) is 25.2 Å². The van der Waals surface area contributed by atoms with Crippen LogP contribution in [-0.2, 0) is 99.9 Å². The molecule has 3 heterocycles. The highest BCUT2D eigenvalue weighted by Gasteiger charge is 2.59. The minimum absolute atomic E-state index is 0.0508. The maximum atomic E-state index is 14.3. The summed E-state index contributed by atoms with van der Waals surface area (Å²) in [5, 5.41) is 0.636. The number of ether oxygens (including phenoxy) is 14. The van der Waals surface area contributed by atoms with Crippen LogP contribution in [0.1, 0.15) is 120 Å². The Morgan fingerprint density at radius 3 is 1.62 bits per heavy atom. The summed E-state index contributed by atoms with van der Waals surface area (Å²) in [6, 6.07) is 7.89. The van der Waals surface area contributed by atoms with E-state index in [9.17, 15) is 38.4 Å². The summed E-state index contributed by atoms with van der Waals surface area (Å²) < 4.78 is 86.2. The van der Waals surface area contributed by atoms with Crippen molar-refractivity contribution in [3.63, 3.8) is 0 Å². The topological polar surface area (TPSA) is 266 Å². The normalized spacial score (nSPS) is 29.4. The van der Waals surface area contributed by atoms with Crippen LogP contribution < -0.4 is 0 Å². The third kappa shape index (κ3) is 18.7. The van der Waals surface area contributed by atoms with Gasteiger partial charge in [0, 0.05) is 44.5 Å². The summed E-state index contributed by atoms with van der Waals surface area (Å²) >= 11 is 7.05. The number of alkyl halides is 2. The Morgan fingerprint density at radius 2 is 1.08 bits per heavy atom. The van der Waals surface area contributed by atoms with Gasteiger partial charge in [-0.25, -0.2) is 4.79 Å². The lowest BCUT2D eigenvalue weighted by atomic mass is 9.94. The van der Waals surface area contributed by atoms with E-state index in [2.05, 4.69) is 31.9 Å². The summed E-state index contributed by atoms with van der Waals surface area (Å²) in [6.45, 7) is 19.2. The molecular weight excluding hydrogens is 1140 g/mol. The van der Waals surface area contributed by atoms with Crippen molar-refractivity contribution >= 4 is 79.6 Å². The number of halogens is 2. The second-order valence-corrected chi connectivity index (χ2v) is 23.6. The lowest BCUT2D eigenvalue weighted by Crippen LogP contribution is -2.68. The van der Waals surface area contributed by atoms with E-state index in [1.165, 1.54) is 12.1 Å². The second kappa shape index (κ2) is 28.0. The number of benzene rings is 1. The predicted molar refractivity (Wildman–Crippen MR) is 271 cm³/mol. The van der Waals surface area contributed by atoms with Crippen LogP contribution in [0.15, 0.2) is 30.3 Å². The van der Waals surface area contributed by atoms with Gasteiger partial charge in [0.1, 0.15) is 24.9 Å². The van der Waals surface area contributed by atoms with Gasteiger partial charge in [0.05, 0.1) is 34.5 Å². The number of carbonyl (C=O) groups excluding carboxylic acids is 8. The number of esters is 8. The van der Waals surface area contributed by atoms with E-state index in [-0.39, 0.29) is 17.0 Å². The molecule has 428 valence electrons. The molecule has 0 N–H and O–H groups in total. The largest absolute Gasteiger partial charge is 0.463 e. The molecule has 4 rings (SSSR count). The zero-order valence-corrected chi connectivity index (χ0v) is 48.7. The average molecular weight is 1210 g/mol. The Labute approximate surface area is 460 Å². The van der Waals surface area contributed by atoms with E-state index >= 15 is 0 Å². The molecule has 3 aliphatic heterocycles. The summed E-state index contributed by atoms with van der Waals surface area (Å²) in [6.07, 6.45) is -21.2. The fraction of sp³-hybridized carbons (Fsp3) is 0.731. The molecule has 3 aliphatic rings. The zero-order valence-electron chi connectivity index (χ0n) is 45.5. The highest BCUT2D eigenvalue weighted by Crippen LogP contribution is 2.39. The zero-order chi connectivity index (χ0) is 57.0. The van der Waals surface area contributed by atoms with E-state index in [0.717, 1.165) is 27.7 Å². The highest BCUT2D eigenvalue weighted by molar-refractivity contribution is 9.12. The molecule has 1 unspecified atom stereocenters. The maximum Gasteiger partial charge on any atom is 0.338 e. The summed E-state index contributed by atoms with van der Waals surface area (Å²) in [7, 11) is 0. The third-order valence-electron chi connectivity index (χ3n) is 11.6. The van der Waals surface area contributed by atoms with E-state index < -0.39 is 163 Å². The SMILES string of the molecule is CC(=O)OC[C@H]1O[C@@H](O[C@@H]2[C@@H](O[C@@H]3OC[C@@H](OC(=O)C(C)(C)C)[C@H](OC(=O)C(C)(C)C)[C@H]3OC(=O)C(C)(C)C)[C@H](C)O[C@@H](OCCCC(Br)CBr)[C@@H]2OC(=O)c2ccccc2)[C@H](OC(C)=O)[C@@H](OC(C)=O)[C@@H]1OC(C)=O. The Kier molecular flexibility index (Phi) is 23.7. The molecule has 0 aromatic heterocycles. The van der Waals surface area contributed by atoms with Gasteiger partial charge < -0.3 is 66.3 Å². The van der Waals surface area contributed by atoms with E-state index in [1.54, 1.807) is 87.4 Å². The summed E-state index contributed by atoms with van der Waals surface area (Å²) in [4.78, 5) is 106. The van der Waals surface area contributed by atoms with Crippen molar-refractivity contribution in [1.82, 2.24) is 0 Å². The van der Waals surface area contributed by atoms with E-state index in [4.69, 9.17) is 66.3 Å². The molecule has 0 amide bonds. The van der Waals surface area contributed by atoms with Crippen LogP contribution >= 0.6 is 31.9 Å². The standard InChI is InChI=1S/C52H74Br2O22/c1-26-35(73-45-40(76-49(62)52(12,13)14)37(75-48(61)51(9,10)11)34(25-65-45)71-47(60)50(6,7)8)38(41(72-43(59)31-19-16-15-17-20-31)44(66-26)63-22-18-21-32(54)23-53)74-46-42(69-30(5)58)39(68-29(4)57)36(67-28(3)56)33(70-46)24-64-27(2)55/h15-17,19-20,26,32-42,44-46H,18,21-25H2,1-14H3/t26-,32?,33+,34+,35-,36+,37-,38+,39-,40+,41+,42+,44+,45-,46-/m0/s1. The Hall–Kier alpha value is -4.30. The fourth-order valence-corrected chi connectivity index (χ4v) is 8.32. The maximum absolute atomic E-state index is 14.3. The number of hydrogen-bond acceptors (Lipinski definition) is 22. The number of carbonyl (C=O) groups is 8. The van der Waals surface area contributed by atoms with Crippen molar-refractivity contribution in [2.24, 2.45) is 16.2 Å². The Bertz CT molecular complexity index is 2150. The minimum Gasteiger partial charge on any atom is -0.463 e. The molecule has 0 aliphatic carbocycles. The molecule has 3 saturated heterocycles. The molecule has 0 bridgehead atoms. The van der Waals surface area contributed by atoms with Crippen LogP contribution in [0.5, 0.6) is 0 Å². The first-order valence-electron chi connectivity index (χ1n) is 24.9. The molecule has 1 aromatic carbocycles. The Balaban J connectivity index is 2.00. The monoisotopic (exact) mass is 1210 g/mol. The van der Waals surface area contributed by atoms with Crippen molar-refractivity contribution < 1.29 is 105 Å². The van der Waals surface area contributed by atoms with Gasteiger partial charge >= 0.3 is 47.8 Å². The minimum atomic E-state index is -1.89. The molecule has 1 aromatic rings. The first-order chi connectivity index (χ1) is 35.3. The lowest BCUT2D eigenvalue weighted by Gasteiger charge is -2.50. The van der Waals surface area contributed by atoms with E-state index in [1.807, 2.05) is 0 Å². The highest BCUT2D eigenvalue weighted by atomic mass is 79.9. The molecule has 22 nitrogen and oxygen atoms in total. The van der Waals surface area contributed by atoms with Gasteiger partial charge in [0.25, 0.3) is 0 Å². The van der Waals surface area contributed by atoms with Crippen LogP contribution in [0, 0.1) is 16.2 Å². The van der Waals surface area contributed by atoms with Gasteiger partial charge in [0.2, 0.25) is 0 Å². The number of hydrogen-bond donors (Lipinski definition) is 0. The molecule has 76 heavy (non-hydrogen) atoms. The van der Waals surface area contributed by atoms with Gasteiger partial charge in [0.15, 0.2) is 61.6 Å². The molecule has 3 fully saturated rings. The van der Waals surface area contributed by atoms with Crippen LogP contribution in [-0.4, -0.2) is 164 Å². The predicted octanol–water partition coefficient (Wildman–Crippen LogP) is 6.00. The molecule has 24 heteroatoms. The molecular formula is C52H74Br2O22. The summed E-state index contributed by atoms with van der Waals surface area (Å²) in [5.74, 6) is -6.66. The Morgan fingerprint density at radius 1 is 0.579 bits per heavy atom. The fourth-order valence-electron chi connectivity index (χ4n) is 7.67. The molecule has 15 atom stereocenters. The van der Waals surface area contributed by atoms with Gasteiger partial charge in [-0.1, -0.05) is 50.1 Å². The second-order valence-electron chi connectivity index (χ2n) is 21.6. The van der Waals surface area contributed by atoms with Crippen LogP contribution in [0.3, 0.4) is 0 Å². The molecule has 0 saturated carbocycles.